The van der Waals surface area contributed by atoms with E-state index in [0.717, 1.165) is 25.7 Å². The monoisotopic (exact) mass is 334 g/mol. The highest BCUT2D eigenvalue weighted by atomic mass is 31.2. The molecule has 0 spiro atoms. The molecule has 0 aliphatic heterocycles. The molecule has 0 aliphatic carbocycles. The summed E-state index contributed by atoms with van der Waals surface area (Å²) in [6.07, 6.45) is 5.18. The van der Waals surface area contributed by atoms with Crippen molar-refractivity contribution in [2.75, 3.05) is 12.3 Å². The van der Waals surface area contributed by atoms with Crippen LogP contribution in [-0.4, -0.2) is 49.3 Å². The zero-order valence-electron chi connectivity index (χ0n) is 11.2. The fraction of sp³-hybridized carbons (Fsp3) is 1.00. The van der Waals surface area contributed by atoms with E-state index < -0.39 is 15.2 Å². The van der Waals surface area contributed by atoms with Crippen molar-refractivity contribution < 1.29 is 28.7 Å². The Morgan fingerprint density at radius 2 is 0.947 bits per heavy atom. The molecule has 0 unspecified atom stereocenters. The lowest BCUT2D eigenvalue weighted by atomic mass is 10.3. The fourth-order valence-electron chi connectivity index (χ4n) is 1.14. The average molecular weight is 334 g/mol. The maximum atomic E-state index is 10.2. The smallest absolute Gasteiger partial charge is 0.324 e. The molecule has 118 valence electrons. The van der Waals surface area contributed by atoms with E-state index in [1.54, 1.807) is 0 Å². The van der Waals surface area contributed by atoms with Crippen LogP contribution in [0.1, 0.15) is 52.4 Å². The predicted molar refractivity (Wildman–Crippen MR) is 82.8 cm³/mol. The van der Waals surface area contributed by atoms with Crippen LogP contribution in [-0.2, 0) is 9.13 Å². The second-order valence-electron chi connectivity index (χ2n) is 4.19. The van der Waals surface area contributed by atoms with Crippen molar-refractivity contribution in [2.24, 2.45) is 0 Å². The summed E-state index contributed by atoms with van der Waals surface area (Å²) in [5, 5.41) is 0. The van der Waals surface area contributed by atoms with Crippen LogP contribution >= 0.6 is 15.2 Å². The lowest BCUT2D eigenvalue weighted by molar-refractivity contribution is 0.369. The summed E-state index contributed by atoms with van der Waals surface area (Å²) < 4.78 is 20.4. The van der Waals surface area contributed by atoms with Crippen molar-refractivity contribution in [1.82, 2.24) is 0 Å². The lowest BCUT2D eigenvalue weighted by Gasteiger charge is -2.00. The molecule has 0 saturated carbocycles. The lowest BCUT2D eigenvalue weighted by Crippen LogP contribution is -1.86. The van der Waals surface area contributed by atoms with Gasteiger partial charge in [0.25, 0.3) is 0 Å². The van der Waals surface area contributed by atoms with Crippen LogP contribution in [0.2, 0.25) is 0 Å². The summed E-state index contributed by atoms with van der Waals surface area (Å²) >= 11 is 0. The largest absolute Gasteiger partial charge is 0.325 e. The van der Waals surface area contributed by atoms with Crippen molar-refractivity contribution >= 4 is 32.6 Å². The van der Waals surface area contributed by atoms with Crippen LogP contribution in [0.4, 0.5) is 0 Å². The molecule has 0 aromatic heterocycles. The molecule has 4 N–H and O–H groups in total. The Morgan fingerprint density at radius 3 is 1.11 bits per heavy atom. The second-order valence-corrected chi connectivity index (χ2v) is 7.74. The molecule has 0 saturated heterocycles. The number of unbranched alkanes of at least 4 members (excludes halogenated alkanes) is 4. The van der Waals surface area contributed by atoms with E-state index in [4.69, 9.17) is 19.6 Å². The summed E-state index contributed by atoms with van der Waals surface area (Å²) in [4.78, 5) is 33.4. The molecule has 9 heteroatoms. The number of hydrogen-bond acceptors (Lipinski definition) is 2. The van der Waals surface area contributed by atoms with Crippen LogP contribution in [0, 0.1) is 0 Å². The highest BCUT2D eigenvalue weighted by Crippen LogP contribution is 2.35. The quantitative estimate of drug-likeness (QED) is 0.304. The normalized spacial score (nSPS) is 11.3. The van der Waals surface area contributed by atoms with Gasteiger partial charge in [-0.25, -0.2) is 0 Å². The highest BCUT2D eigenvalue weighted by molar-refractivity contribution is 7.52. The molecule has 0 radical (unpaired) electrons. The fourth-order valence-corrected chi connectivity index (χ4v) is 2.41. The Hall–Kier alpha value is 0.832. The minimum Gasteiger partial charge on any atom is -0.324 e. The Kier molecular flexibility index (Phi) is 18.0. The first-order valence-electron chi connectivity index (χ1n) is 6.21. The molecule has 0 aromatic carbocycles. The number of hydrogen-bond donors (Lipinski definition) is 4. The van der Waals surface area contributed by atoms with Gasteiger partial charge in [0.2, 0.25) is 0 Å². The summed E-state index contributed by atoms with van der Waals surface area (Å²) in [6, 6.07) is 0. The molecular weight excluding hydrogens is 305 g/mol. The van der Waals surface area contributed by atoms with E-state index in [1.807, 2.05) is 13.8 Å². The zero-order valence-corrected chi connectivity index (χ0v) is 12.9. The van der Waals surface area contributed by atoms with Gasteiger partial charge in [-0.3, -0.25) is 9.13 Å². The topological polar surface area (TPSA) is 115 Å². The molecular formula is C10H29AlO6P2. The Labute approximate surface area is 126 Å². The molecule has 19 heavy (non-hydrogen) atoms. The Balaban J connectivity index is -0.000000256. The average Bonchev–Trinajstić information content (AvgIpc) is 2.16. The van der Waals surface area contributed by atoms with E-state index >= 15 is 0 Å². The Bertz CT molecular complexity index is 247. The second kappa shape index (κ2) is 13.8. The minimum absolute atomic E-state index is 0. The first kappa shape index (κ1) is 24.8. The standard InChI is InChI=1S/2C5H13O3P.Al.3H/c2*1-2-3-4-5-9(6,7)8;;;;/h2*2-5H2,1H3,(H2,6,7,8);;;;. The maximum Gasteiger partial charge on any atom is 0.325 e. The molecule has 0 atom stereocenters. The van der Waals surface area contributed by atoms with Crippen LogP contribution in [0.25, 0.3) is 0 Å². The molecule has 0 aromatic rings. The van der Waals surface area contributed by atoms with Gasteiger partial charge < -0.3 is 19.6 Å². The van der Waals surface area contributed by atoms with Gasteiger partial charge in [0.15, 0.2) is 17.4 Å². The van der Waals surface area contributed by atoms with Crippen molar-refractivity contribution in [3.8, 4) is 0 Å². The molecule has 0 amide bonds. The summed E-state index contributed by atoms with van der Waals surface area (Å²) in [5.74, 6) is 0. The molecule has 0 rings (SSSR count). The highest BCUT2D eigenvalue weighted by Gasteiger charge is 2.10. The van der Waals surface area contributed by atoms with E-state index in [-0.39, 0.29) is 29.7 Å². The van der Waals surface area contributed by atoms with Gasteiger partial charge >= 0.3 is 15.2 Å². The summed E-state index contributed by atoms with van der Waals surface area (Å²) in [7, 11) is -7.39. The van der Waals surface area contributed by atoms with Crippen LogP contribution < -0.4 is 0 Å². The SMILES string of the molecule is CCCCCP(=O)(O)O.CCCCCP(=O)(O)O.[AlH3]. The van der Waals surface area contributed by atoms with Gasteiger partial charge in [-0.15, -0.1) is 0 Å². The first-order chi connectivity index (χ1) is 8.12. The third-order valence-electron chi connectivity index (χ3n) is 2.11. The van der Waals surface area contributed by atoms with Gasteiger partial charge in [0.1, 0.15) is 0 Å². The predicted octanol–water partition coefficient (Wildman–Crippen LogP) is 1.52. The van der Waals surface area contributed by atoms with Crippen LogP contribution in [0.15, 0.2) is 0 Å². The third-order valence-corrected chi connectivity index (χ3v) is 3.90. The third kappa shape index (κ3) is 32.4. The van der Waals surface area contributed by atoms with Crippen molar-refractivity contribution in [2.45, 2.75) is 52.4 Å². The van der Waals surface area contributed by atoms with Gasteiger partial charge in [0.05, 0.1) is 0 Å². The molecule has 0 heterocycles. The van der Waals surface area contributed by atoms with Gasteiger partial charge in [-0.2, -0.15) is 0 Å². The molecule has 0 fully saturated rings. The van der Waals surface area contributed by atoms with Crippen molar-refractivity contribution in [3.05, 3.63) is 0 Å². The molecule has 0 aliphatic rings. The Morgan fingerprint density at radius 1 is 0.684 bits per heavy atom. The van der Waals surface area contributed by atoms with Crippen molar-refractivity contribution in [1.29, 1.82) is 0 Å². The van der Waals surface area contributed by atoms with Crippen molar-refractivity contribution in [3.63, 3.8) is 0 Å². The van der Waals surface area contributed by atoms with E-state index in [2.05, 4.69) is 0 Å². The van der Waals surface area contributed by atoms with Gasteiger partial charge in [0, 0.05) is 12.3 Å². The molecule has 0 bridgehead atoms. The zero-order chi connectivity index (χ0) is 14.7. The maximum absolute atomic E-state index is 10.2. The van der Waals surface area contributed by atoms with E-state index in [0.29, 0.717) is 12.8 Å². The summed E-state index contributed by atoms with van der Waals surface area (Å²) in [5.41, 5.74) is 0. The minimum atomic E-state index is -3.70. The number of rotatable bonds is 8. The summed E-state index contributed by atoms with van der Waals surface area (Å²) in [6.45, 7) is 4.00. The van der Waals surface area contributed by atoms with E-state index in [9.17, 15) is 9.13 Å². The van der Waals surface area contributed by atoms with E-state index in [1.165, 1.54) is 0 Å². The van der Waals surface area contributed by atoms with Gasteiger partial charge in [-0.05, 0) is 12.8 Å². The van der Waals surface area contributed by atoms with Gasteiger partial charge in [-0.1, -0.05) is 39.5 Å². The van der Waals surface area contributed by atoms with Crippen LogP contribution in [0.5, 0.6) is 0 Å². The molecule has 6 nitrogen and oxygen atoms in total. The first-order valence-corrected chi connectivity index (χ1v) is 9.81. The van der Waals surface area contributed by atoms with Crippen LogP contribution in [0.3, 0.4) is 0 Å².